The van der Waals surface area contributed by atoms with E-state index in [2.05, 4.69) is 6.92 Å². The van der Waals surface area contributed by atoms with Crippen LogP contribution in [-0.4, -0.2) is 38.9 Å². The van der Waals surface area contributed by atoms with Crippen LogP contribution >= 0.6 is 0 Å². The fraction of sp³-hybridized carbons (Fsp3) is 0.952. The molecule has 0 unspecified atom stereocenters. The summed E-state index contributed by atoms with van der Waals surface area (Å²) in [5, 5.41) is 31.6. The maximum atomic E-state index is 13.4. The Morgan fingerprint density at radius 2 is 1.84 bits per heavy atom. The van der Waals surface area contributed by atoms with E-state index in [0.717, 1.165) is 38.5 Å². The van der Waals surface area contributed by atoms with E-state index in [9.17, 15) is 20.1 Å². The predicted octanol–water partition coefficient (Wildman–Crippen LogP) is 2.68. The number of hydrogen-bond acceptors (Lipinski definition) is 4. The van der Waals surface area contributed by atoms with Gasteiger partial charge in [0.25, 0.3) is 0 Å². The van der Waals surface area contributed by atoms with E-state index >= 15 is 0 Å². The van der Waals surface area contributed by atoms with E-state index in [1.54, 1.807) is 6.92 Å². The number of rotatable bonds is 1. The minimum absolute atomic E-state index is 0.00605. The first-order valence-electron chi connectivity index (χ1n) is 10.2. The molecule has 0 radical (unpaired) electrons. The molecule has 4 fully saturated rings. The Morgan fingerprint density at radius 1 is 1.12 bits per heavy atom. The van der Waals surface area contributed by atoms with Crippen molar-refractivity contribution in [2.75, 3.05) is 0 Å². The monoisotopic (exact) mass is 350 g/mol. The van der Waals surface area contributed by atoms with Crippen LogP contribution in [-0.2, 0) is 4.79 Å². The summed E-state index contributed by atoms with van der Waals surface area (Å²) in [7, 11) is 0. The first-order valence-corrected chi connectivity index (χ1v) is 10.2. The lowest BCUT2D eigenvalue weighted by Gasteiger charge is -2.60. The molecule has 142 valence electrons. The molecule has 0 aromatic heterocycles. The van der Waals surface area contributed by atoms with Gasteiger partial charge in [0, 0.05) is 17.8 Å². The van der Waals surface area contributed by atoms with E-state index in [1.165, 1.54) is 0 Å². The predicted molar refractivity (Wildman–Crippen MR) is 94.8 cm³/mol. The first kappa shape index (κ1) is 17.9. The average molecular weight is 350 g/mol. The molecule has 0 saturated heterocycles. The molecule has 4 aliphatic carbocycles. The lowest BCUT2D eigenvalue weighted by atomic mass is 9.44. The number of ketones is 1. The molecule has 9 atom stereocenters. The Labute approximate surface area is 151 Å². The second kappa shape index (κ2) is 5.53. The zero-order chi connectivity index (χ0) is 18.2. The van der Waals surface area contributed by atoms with Gasteiger partial charge in [-0.15, -0.1) is 0 Å². The summed E-state index contributed by atoms with van der Waals surface area (Å²) in [4.78, 5) is 13.4. The molecule has 3 N–H and O–H groups in total. The minimum atomic E-state index is -1.14. The minimum Gasteiger partial charge on any atom is -0.393 e. The molecule has 4 aliphatic rings. The SMILES string of the molecule is C[C@H](O)[C@@]1(O)CC[C@H]2[C@@H]3CC[C@H]4C[C@H](O)CC[C@]4(C)[C@H]3C(=O)C[C@@]21C. The lowest BCUT2D eigenvalue weighted by molar-refractivity contribution is -0.190. The van der Waals surface area contributed by atoms with Crippen molar-refractivity contribution in [2.45, 2.75) is 89.9 Å². The summed E-state index contributed by atoms with van der Waals surface area (Å²) < 4.78 is 0. The Balaban J connectivity index is 1.70. The topological polar surface area (TPSA) is 77.8 Å². The van der Waals surface area contributed by atoms with E-state index < -0.39 is 17.1 Å². The maximum absolute atomic E-state index is 13.4. The summed E-state index contributed by atoms with van der Waals surface area (Å²) in [6.07, 6.45) is 5.60. The summed E-state index contributed by atoms with van der Waals surface area (Å²) in [6.45, 7) is 6.01. The third-order valence-corrected chi connectivity index (χ3v) is 9.23. The van der Waals surface area contributed by atoms with Crippen LogP contribution < -0.4 is 0 Å². The number of aliphatic hydroxyl groups is 3. The van der Waals surface area contributed by atoms with Crippen molar-refractivity contribution in [3.05, 3.63) is 0 Å². The number of carbonyl (C=O) groups excluding carboxylic acids is 1. The second-order valence-electron chi connectivity index (χ2n) is 10.2. The van der Waals surface area contributed by atoms with Gasteiger partial charge in [-0.2, -0.15) is 0 Å². The first-order chi connectivity index (χ1) is 11.6. The fourth-order valence-corrected chi connectivity index (χ4v) is 7.77. The molecule has 4 saturated carbocycles. The highest BCUT2D eigenvalue weighted by molar-refractivity contribution is 5.84. The van der Waals surface area contributed by atoms with Crippen molar-refractivity contribution < 1.29 is 20.1 Å². The Morgan fingerprint density at radius 3 is 2.52 bits per heavy atom. The zero-order valence-corrected chi connectivity index (χ0v) is 15.9. The van der Waals surface area contributed by atoms with Gasteiger partial charge < -0.3 is 15.3 Å². The van der Waals surface area contributed by atoms with E-state index in [-0.39, 0.29) is 17.4 Å². The number of hydrogen-bond donors (Lipinski definition) is 3. The third-order valence-electron chi connectivity index (χ3n) is 9.23. The number of fused-ring (bicyclic) bond motifs is 5. The van der Waals surface area contributed by atoms with Crippen LogP contribution in [0.5, 0.6) is 0 Å². The second-order valence-corrected chi connectivity index (χ2v) is 10.2. The third kappa shape index (κ3) is 2.20. The van der Waals surface area contributed by atoms with Gasteiger partial charge in [-0.05, 0) is 75.0 Å². The normalized spacial score (nSPS) is 56.7. The molecular formula is C21H34O4. The van der Waals surface area contributed by atoms with Crippen LogP contribution in [0.15, 0.2) is 0 Å². The highest BCUT2D eigenvalue weighted by Crippen LogP contribution is 2.67. The van der Waals surface area contributed by atoms with Crippen molar-refractivity contribution in [1.82, 2.24) is 0 Å². The smallest absolute Gasteiger partial charge is 0.137 e. The summed E-state index contributed by atoms with van der Waals surface area (Å²) >= 11 is 0. The van der Waals surface area contributed by atoms with Gasteiger partial charge in [0.15, 0.2) is 0 Å². The van der Waals surface area contributed by atoms with E-state index in [0.29, 0.717) is 36.4 Å². The quantitative estimate of drug-likeness (QED) is 0.679. The molecule has 0 aromatic rings. The number of carbonyl (C=O) groups is 1. The maximum Gasteiger partial charge on any atom is 0.137 e. The highest BCUT2D eigenvalue weighted by atomic mass is 16.3. The van der Waals surface area contributed by atoms with Crippen molar-refractivity contribution >= 4 is 5.78 Å². The lowest BCUT2D eigenvalue weighted by Crippen LogP contribution is -2.62. The van der Waals surface area contributed by atoms with E-state index in [1.807, 2.05) is 6.92 Å². The highest BCUT2D eigenvalue weighted by Gasteiger charge is 2.68. The largest absolute Gasteiger partial charge is 0.393 e. The molecule has 0 heterocycles. The summed E-state index contributed by atoms with van der Waals surface area (Å²) in [5.74, 6) is 1.47. The van der Waals surface area contributed by atoms with Gasteiger partial charge in [0.1, 0.15) is 5.78 Å². The van der Waals surface area contributed by atoms with Gasteiger partial charge in [0.05, 0.1) is 17.8 Å². The molecular weight excluding hydrogens is 316 g/mol. The van der Waals surface area contributed by atoms with Crippen LogP contribution in [0, 0.1) is 34.5 Å². The van der Waals surface area contributed by atoms with Gasteiger partial charge in [-0.25, -0.2) is 0 Å². The van der Waals surface area contributed by atoms with Crippen LogP contribution in [0.4, 0.5) is 0 Å². The van der Waals surface area contributed by atoms with Crippen LogP contribution in [0.2, 0.25) is 0 Å². The number of aliphatic hydroxyl groups excluding tert-OH is 2. The molecule has 0 amide bonds. The Bertz CT molecular complexity index is 574. The van der Waals surface area contributed by atoms with Gasteiger partial charge in [-0.3, -0.25) is 4.79 Å². The summed E-state index contributed by atoms with van der Waals surface area (Å²) in [6, 6.07) is 0. The molecule has 0 aromatic carbocycles. The molecule has 4 rings (SSSR count). The zero-order valence-electron chi connectivity index (χ0n) is 15.9. The molecule has 4 heteroatoms. The van der Waals surface area contributed by atoms with Crippen molar-refractivity contribution in [3.8, 4) is 0 Å². The molecule has 0 bridgehead atoms. The molecule has 0 aliphatic heterocycles. The van der Waals surface area contributed by atoms with Crippen LogP contribution in [0.1, 0.15) is 72.1 Å². The van der Waals surface area contributed by atoms with Crippen LogP contribution in [0.25, 0.3) is 0 Å². The fourth-order valence-electron chi connectivity index (χ4n) is 7.77. The Kier molecular flexibility index (Phi) is 3.97. The van der Waals surface area contributed by atoms with Gasteiger partial charge in [0.2, 0.25) is 0 Å². The Hall–Kier alpha value is -0.450. The summed E-state index contributed by atoms with van der Waals surface area (Å²) in [5.41, 5.74) is -1.64. The van der Waals surface area contributed by atoms with Crippen molar-refractivity contribution in [2.24, 2.45) is 34.5 Å². The standard InChI is InChI=1S/C21H34O4/c1-12(22)21(25)9-7-16-15-5-4-13-10-14(23)6-8-19(13,2)18(15)17(24)11-20(16,21)3/h12-16,18,22-23,25H,4-11H2,1-3H3/t12-,13-,14+,15-,16-,18+,19-,20-,21-/m0/s1. The molecule has 4 nitrogen and oxygen atoms in total. The van der Waals surface area contributed by atoms with Gasteiger partial charge in [-0.1, -0.05) is 13.8 Å². The van der Waals surface area contributed by atoms with Crippen molar-refractivity contribution in [1.29, 1.82) is 0 Å². The molecule has 25 heavy (non-hydrogen) atoms. The van der Waals surface area contributed by atoms with Crippen molar-refractivity contribution in [3.63, 3.8) is 0 Å². The van der Waals surface area contributed by atoms with E-state index in [4.69, 9.17) is 0 Å². The molecule has 0 spiro atoms. The van der Waals surface area contributed by atoms with Crippen LogP contribution in [0.3, 0.4) is 0 Å². The average Bonchev–Trinajstić information content (AvgIpc) is 2.80. The number of Topliss-reactive ketones (excluding diaryl/α,β-unsaturated/α-hetero) is 1. The van der Waals surface area contributed by atoms with Gasteiger partial charge >= 0.3 is 0 Å².